The van der Waals surface area contributed by atoms with Crippen LogP contribution in [0.2, 0.25) is 0 Å². The van der Waals surface area contributed by atoms with Crippen molar-refractivity contribution in [2.45, 2.75) is 6.54 Å². The number of nitriles is 1. The molecule has 0 fully saturated rings. The van der Waals surface area contributed by atoms with Gasteiger partial charge in [-0.25, -0.2) is 0 Å². The zero-order chi connectivity index (χ0) is 13.7. The predicted octanol–water partition coefficient (Wildman–Crippen LogP) is 2.40. The van der Waals surface area contributed by atoms with Gasteiger partial charge in [-0.05, 0) is 29.8 Å². The van der Waals surface area contributed by atoms with Crippen LogP contribution in [0.1, 0.15) is 21.5 Å². The third-order valence-electron chi connectivity index (χ3n) is 2.83. The monoisotopic (exact) mass is 251 g/mol. The van der Waals surface area contributed by atoms with E-state index in [1.807, 2.05) is 24.1 Å². The highest BCUT2D eigenvalue weighted by Gasteiger charge is 2.08. The van der Waals surface area contributed by atoms with E-state index in [1.165, 1.54) is 0 Å². The van der Waals surface area contributed by atoms with E-state index in [0.717, 1.165) is 17.5 Å². The summed E-state index contributed by atoms with van der Waals surface area (Å²) in [6.45, 7) is 0.656. The zero-order valence-electron chi connectivity index (χ0n) is 10.6. The first-order chi connectivity index (χ1) is 9.24. The summed E-state index contributed by atoms with van der Waals surface area (Å²) in [5.74, 6) is 0. The molecule has 0 unspecified atom stereocenters. The minimum Gasteiger partial charge on any atom is -0.369 e. The third-order valence-corrected chi connectivity index (χ3v) is 2.83. The van der Waals surface area contributed by atoms with Crippen molar-refractivity contribution in [3.63, 3.8) is 0 Å². The minimum atomic E-state index is 0.496. The van der Waals surface area contributed by atoms with Crippen molar-refractivity contribution in [2.75, 3.05) is 11.9 Å². The maximum Gasteiger partial charge on any atom is 0.150 e. The second kappa shape index (κ2) is 5.78. The van der Waals surface area contributed by atoms with E-state index in [9.17, 15) is 4.79 Å². The van der Waals surface area contributed by atoms with Gasteiger partial charge in [0.05, 0.1) is 11.3 Å². The first-order valence-corrected chi connectivity index (χ1v) is 5.84. The number of hydrogen-bond donors (Lipinski definition) is 0. The highest BCUT2D eigenvalue weighted by Crippen LogP contribution is 2.21. The predicted molar refractivity (Wildman–Crippen MR) is 72.9 cm³/mol. The number of rotatable bonds is 4. The van der Waals surface area contributed by atoms with Gasteiger partial charge in [0.1, 0.15) is 12.4 Å². The SMILES string of the molecule is CN(Cc1cccnc1)c1ccc(C=O)cc1C#N. The normalized spacial score (nSPS) is 9.68. The molecule has 0 aliphatic rings. The van der Waals surface area contributed by atoms with Crippen molar-refractivity contribution in [3.05, 3.63) is 59.4 Å². The first-order valence-electron chi connectivity index (χ1n) is 5.84. The number of carbonyl (C=O) groups excluding carboxylic acids is 1. The van der Waals surface area contributed by atoms with Gasteiger partial charge in [0.2, 0.25) is 0 Å². The Morgan fingerprint density at radius 1 is 1.42 bits per heavy atom. The van der Waals surface area contributed by atoms with Gasteiger partial charge in [-0.15, -0.1) is 0 Å². The number of hydrogen-bond acceptors (Lipinski definition) is 4. The lowest BCUT2D eigenvalue weighted by Crippen LogP contribution is -2.17. The molecule has 19 heavy (non-hydrogen) atoms. The summed E-state index contributed by atoms with van der Waals surface area (Å²) >= 11 is 0. The van der Waals surface area contributed by atoms with Crippen molar-refractivity contribution < 1.29 is 4.79 Å². The van der Waals surface area contributed by atoms with Crippen LogP contribution in [-0.4, -0.2) is 18.3 Å². The first kappa shape index (κ1) is 12.8. The molecule has 0 amide bonds. The van der Waals surface area contributed by atoms with Crippen LogP contribution < -0.4 is 4.90 Å². The molecule has 0 atom stereocenters. The number of pyridine rings is 1. The smallest absolute Gasteiger partial charge is 0.150 e. The molecule has 1 aromatic heterocycles. The van der Waals surface area contributed by atoms with E-state index in [0.29, 0.717) is 17.7 Å². The van der Waals surface area contributed by atoms with Gasteiger partial charge in [-0.3, -0.25) is 9.78 Å². The molecule has 0 aliphatic heterocycles. The Kier molecular flexibility index (Phi) is 3.89. The van der Waals surface area contributed by atoms with Gasteiger partial charge in [0.25, 0.3) is 0 Å². The number of anilines is 1. The van der Waals surface area contributed by atoms with Crippen LogP contribution in [0, 0.1) is 11.3 Å². The summed E-state index contributed by atoms with van der Waals surface area (Å²) in [4.78, 5) is 16.7. The number of carbonyl (C=O) groups is 1. The lowest BCUT2D eigenvalue weighted by atomic mass is 10.1. The standard InChI is InChI=1S/C15H13N3O/c1-18(10-13-3-2-6-17-9-13)15-5-4-12(11-19)7-14(15)8-16/h2-7,9,11H,10H2,1H3. The molecule has 2 rings (SSSR count). The third kappa shape index (κ3) is 2.96. The molecule has 0 aliphatic carbocycles. The maximum atomic E-state index is 10.7. The Morgan fingerprint density at radius 2 is 2.26 bits per heavy atom. The van der Waals surface area contributed by atoms with Crippen molar-refractivity contribution in [3.8, 4) is 6.07 Å². The van der Waals surface area contributed by atoms with E-state index < -0.39 is 0 Å². The Hall–Kier alpha value is -2.67. The lowest BCUT2D eigenvalue weighted by Gasteiger charge is -2.20. The highest BCUT2D eigenvalue weighted by molar-refractivity contribution is 5.78. The second-order valence-corrected chi connectivity index (χ2v) is 4.22. The highest BCUT2D eigenvalue weighted by atomic mass is 16.1. The summed E-state index contributed by atoms with van der Waals surface area (Å²) < 4.78 is 0. The summed E-state index contributed by atoms with van der Waals surface area (Å²) in [5.41, 5.74) is 2.87. The average molecular weight is 251 g/mol. The van der Waals surface area contributed by atoms with Crippen LogP contribution in [0.25, 0.3) is 0 Å². The largest absolute Gasteiger partial charge is 0.369 e. The molecular weight excluding hydrogens is 238 g/mol. The van der Waals surface area contributed by atoms with Crippen molar-refractivity contribution >= 4 is 12.0 Å². The fourth-order valence-electron chi connectivity index (χ4n) is 1.90. The van der Waals surface area contributed by atoms with Crippen LogP contribution in [0.3, 0.4) is 0 Å². The quantitative estimate of drug-likeness (QED) is 0.783. The fourth-order valence-corrected chi connectivity index (χ4v) is 1.90. The van der Waals surface area contributed by atoms with Crippen molar-refractivity contribution in [2.24, 2.45) is 0 Å². The van der Waals surface area contributed by atoms with Gasteiger partial charge in [-0.1, -0.05) is 6.07 Å². The number of nitrogens with zero attached hydrogens (tertiary/aromatic N) is 3. The Labute approximate surface area is 111 Å². The molecule has 4 heteroatoms. The molecule has 94 valence electrons. The zero-order valence-corrected chi connectivity index (χ0v) is 10.6. The molecular formula is C15H13N3O. The summed E-state index contributed by atoms with van der Waals surface area (Å²) in [6.07, 6.45) is 4.26. The molecule has 0 bridgehead atoms. The number of aromatic nitrogens is 1. The molecule has 4 nitrogen and oxygen atoms in total. The van der Waals surface area contributed by atoms with Crippen LogP contribution in [0.5, 0.6) is 0 Å². The van der Waals surface area contributed by atoms with Crippen LogP contribution in [0.15, 0.2) is 42.7 Å². The molecule has 0 N–H and O–H groups in total. The molecule has 1 heterocycles. The Morgan fingerprint density at radius 3 is 2.89 bits per heavy atom. The molecule has 0 saturated carbocycles. The second-order valence-electron chi connectivity index (χ2n) is 4.22. The number of aldehydes is 1. The Bertz CT molecular complexity index is 617. The van der Waals surface area contributed by atoms with Gasteiger partial charge in [0.15, 0.2) is 0 Å². The lowest BCUT2D eigenvalue weighted by molar-refractivity contribution is 0.112. The molecule has 0 saturated heterocycles. The summed E-state index contributed by atoms with van der Waals surface area (Å²) in [7, 11) is 1.91. The van der Waals surface area contributed by atoms with Crippen molar-refractivity contribution in [1.29, 1.82) is 5.26 Å². The molecule has 0 spiro atoms. The summed E-state index contributed by atoms with van der Waals surface area (Å²) in [5, 5.41) is 9.15. The maximum absolute atomic E-state index is 10.7. The van der Waals surface area contributed by atoms with Crippen LogP contribution in [0.4, 0.5) is 5.69 Å². The van der Waals surface area contributed by atoms with E-state index in [2.05, 4.69) is 11.1 Å². The van der Waals surface area contributed by atoms with Crippen LogP contribution in [-0.2, 0) is 6.54 Å². The van der Waals surface area contributed by atoms with Gasteiger partial charge in [0, 0.05) is 31.5 Å². The molecule has 2 aromatic rings. The van der Waals surface area contributed by atoms with Gasteiger partial charge in [-0.2, -0.15) is 5.26 Å². The fraction of sp³-hybridized carbons (Fsp3) is 0.133. The van der Waals surface area contributed by atoms with Crippen molar-refractivity contribution in [1.82, 2.24) is 4.98 Å². The van der Waals surface area contributed by atoms with E-state index in [1.54, 1.807) is 30.6 Å². The van der Waals surface area contributed by atoms with Crippen LogP contribution >= 0.6 is 0 Å². The average Bonchev–Trinajstić information content (AvgIpc) is 2.47. The molecule has 1 aromatic carbocycles. The Balaban J connectivity index is 2.26. The van der Waals surface area contributed by atoms with E-state index in [-0.39, 0.29) is 0 Å². The topological polar surface area (TPSA) is 57.0 Å². The van der Waals surface area contributed by atoms with Gasteiger partial charge >= 0.3 is 0 Å². The van der Waals surface area contributed by atoms with Gasteiger partial charge < -0.3 is 4.90 Å². The van der Waals surface area contributed by atoms with E-state index >= 15 is 0 Å². The summed E-state index contributed by atoms with van der Waals surface area (Å²) in [6, 6.07) is 11.1. The minimum absolute atomic E-state index is 0.496. The van der Waals surface area contributed by atoms with E-state index in [4.69, 9.17) is 5.26 Å². The molecule has 0 radical (unpaired) electrons. The number of benzene rings is 1.